The molecule has 0 radical (unpaired) electrons. The van der Waals surface area contributed by atoms with Crippen molar-refractivity contribution in [1.29, 1.82) is 0 Å². The van der Waals surface area contributed by atoms with E-state index in [-0.39, 0.29) is 10.8 Å². The highest BCUT2D eigenvalue weighted by molar-refractivity contribution is 7.19. The maximum Gasteiger partial charge on any atom is 0.174 e. The van der Waals surface area contributed by atoms with E-state index in [9.17, 15) is 4.79 Å². The van der Waals surface area contributed by atoms with E-state index in [2.05, 4.69) is 0 Å². The molecular weight excluding hydrogens is 263 g/mol. The van der Waals surface area contributed by atoms with Crippen molar-refractivity contribution in [2.24, 2.45) is 0 Å². The molecule has 0 bridgehead atoms. The minimum absolute atomic E-state index is 0.0238. The lowest BCUT2D eigenvalue weighted by atomic mass is 10.1. The normalized spacial score (nSPS) is 10.6. The third-order valence-corrected chi connectivity index (χ3v) is 4.38. The SMILES string of the molecule is CCCCC(=O)c1sc(Cl)c(Cl)c1Cl. The van der Waals surface area contributed by atoms with Gasteiger partial charge >= 0.3 is 0 Å². The Kier molecular flexibility index (Phi) is 4.71. The van der Waals surface area contributed by atoms with E-state index in [0.29, 0.717) is 20.7 Å². The Morgan fingerprint density at radius 1 is 1.29 bits per heavy atom. The number of carbonyl (C=O) groups excluding carboxylic acids is 1. The fourth-order valence-corrected chi connectivity index (χ4v) is 2.79. The second-order valence-electron chi connectivity index (χ2n) is 2.86. The molecule has 14 heavy (non-hydrogen) atoms. The van der Waals surface area contributed by atoms with Gasteiger partial charge < -0.3 is 0 Å². The van der Waals surface area contributed by atoms with Crippen LogP contribution in [0, 0.1) is 0 Å². The molecule has 0 aromatic carbocycles. The maximum absolute atomic E-state index is 11.6. The van der Waals surface area contributed by atoms with Gasteiger partial charge in [0.05, 0.1) is 14.9 Å². The number of halogens is 3. The summed E-state index contributed by atoms with van der Waals surface area (Å²) in [5, 5.41) is 0.584. The number of unbranched alkanes of at least 4 members (excludes halogenated alkanes) is 1. The molecule has 1 rings (SSSR count). The fraction of sp³-hybridized carbons (Fsp3) is 0.444. The van der Waals surface area contributed by atoms with Gasteiger partial charge in [-0.05, 0) is 6.42 Å². The zero-order valence-corrected chi connectivity index (χ0v) is 10.7. The van der Waals surface area contributed by atoms with Gasteiger partial charge in [0.2, 0.25) is 0 Å². The van der Waals surface area contributed by atoms with Crippen molar-refractivity contribution in [3.63, 3.8) is 0 Å². The summed E-state index contributed by atoms with van der Waals surface area (Å²) in [6, 6.07) is 0. The molecule has 1 nitrogen and oxygen atoms in total. The summed E-state index contributed by atoms with van der Waals surface area (Å²) in [4.78, 5) is 12.1. The van der Waals surface area contributed by atoms with Crippen molar-refractivity contribution in [3.8, 4) is 0 Å². The number of rotatable bonds is 4. The molecule has 0 spiro atoms. The number of Topliss-reactive ketones (excluding diaryl/α,β-unsaturated/α-hetero) is 1. The quantitative estimate of drug-likeness (QED) is 0.698. The van der Waals surface area contributed by atoms with Gasteiger partial charge in [0, 0.05) is 6.42 Å². The molecule has 1 aromatic heterocycles. The molecule has 0 saturated heterocycles. The van der Waals surface area contributed by atoms with E-state index >= 15 is 0 Å². The number of carbonyl (C=O) groups is 1. The van der Waals surface area contributed by atoms with Crippen molar-refractivity contribution in [2.75, 3.05) is 0 Å². The van der Waals surface area contributed by atoms with Crippen molar-refractivity contribution in [1.82, 2.24) is 0 Å². The lowest BCUT2D eigenvalue weighted by molar-refractivity contribution is 0.0984. The van der Waals surface area contributed by atoms with Gasteiger partial charge in [0.1, 0.15) is 4.34 Å². The van der Waals surface area contributed by atoms with Gasteiger partial charge in [-0.3, -0.25) is 4.79 Å². The summed E-state index contributed by atoms with van der Waals surface area (Å²) < 4.78 is 0.386. The van der Waals surface area contributed by atoms with E-state index in [0.717, 1.165) is 24.2 Å². The molecule has 0 aliphatic heterocycles. The molecule has 0 amide bonds. The van der Waals surface area contributed by atoms with E-state index in [1.807, 2.05) is 6.92 Å². The summed E-state index contributed by atoms with van der Waals surface area (Å²) >= 11 is 18.5. The van der Waals surface area contributed by atoms with E-state index < -0.39 is 0 Å². The fourth-order valence-electron chi connectivity index (χ4n) is 0.995. The zero-order chi connectivity index (χ0) is 10.7. The highest BCUT2D eigenvalue weighted by Crippen LogP contribution is 2.40. The van der Waals surface area contributed by atoms with Crippen LogP contribution in [0.3, 0.4) is 0 Å². The van der Waals surface area contributed by atoms with Gasteiger partial charge in [-0.25, -0.2) is 0 Å². The molecule has 5 heteroatoms. The topological polar surface area (TPSA) is 17.1 Å². The van der Waals surface area contributed by atoms with Gasteiger partial charge in [-0.1, -0.05) is 48.1 Å². The standard InChI is InChI=1S/C9H9Cl3OS/c1-2-3-4-5(13)8-6(10)7(11)9(12)14-8/h2-4H2,1H3. The Bertz CT molecular complexity index is 346. The Hall–Kier alpha value is 0.240. The Morgan fingerprint density at radius 2 is 1.93 bits per heavy atom. The number of ketones is 1. The second kappa shape index (κ2) is 5.36. The van der Waals surface area contributed by atoms with Crippen molar-refractivity contribution in [2.45, 2.75) is 26.2 Å². The second-order valence-corrected chi connectivity index (χ2v) is 5.24. The first-order valence-electron chi connectivity index (χ1n) is 4.24. The van der Waals surface area contributed by atoms with Crippen molar-refractivity contribution < 1.29 is 4.79 Å². The van der Waals surface area contributed by atoms with Crippen LogP contribution in [0.2, 0.25) is 14.4 Å². The molecule has 78 valence electrons. The average molecular weight is 272 g/mol. The molecule has 1 aromatic rings. The first-order valence-corrected chi connectivity index (χ1v) is 6.19. The minimum atomic E-state index is 0.0238. The molecule has 0 aliphatic rings. The van der Waals surface area contributed by atoms with Gasteiger partial charge in [-0.15, -0.1) is 11.3 Å². The molecule has 0 unspecified atom stereocenters. The summed E-state index contributed by atoms with van der Waals surface area (Å²) in [5.74, 6) is 0.0238. The first kappa shape index (κ1) is 12.3. The Labute approximate surface area is 102 Å². The van der Waals surface area contributed by atoms with Crippen LogP contribution >= 0.6 is 46.1 Å². The summed E-state index contributed by atoms with van der Waals surface area (Å²) in [6.07, 6.45) is 2.35. The Morgan fingerprint density at radius 3 is 2.36 bits per heavy atom. The maximum atomic E-state index is 11.6. The van der Waals surface area contributed by atoms with Gasteiger partial charge in [0.25, 0.3) is 0 Å². The predicted octanol–water partition coefficient (Wildman–Crippen LogP) is 5.08. The van der Waals surface area contributed by atoms with Gasteiger partial charge in [-0.2, -0.15) is 0 Å². The molecule has 0 fully saturated rings. The van der Waals surface area contributed by atoms with Crippen molar-refractivity contribution >= 4 is 51.9 Å². The highest BCUT2D eigenvalue weighted by Gasteiger charge is 2.18. The van der Waals surface area contributed by atoms with E-state index in [4.69, 9.17) is 34.8 Å². The van der Waals surface area contributed by atoms with Crippen LogP contribution in [-0.4, -0.2) is 5.78 Å². The highest BCUT2D eigenvalue weighted by atomic mass is 35.5. The molecule has 0 aliphatic carbocycles. The third kappa shape index (κ3) is 2.63. The molecule has 0 atom stereocenters. The Balaban J connectivity index is 2.85. The summed E-state index contributed by atoms with van der Waals surface area (Å²) in [6.45, 7) is 2.03. The lowest BCUT2D eigenvalue weighted by Crippen LogP contribution is -1.95. The number of hydrogen-bond acceptors (Lipinski definition) is 2. The average Bonchev–Trinajstić information content (AvgIpc) is 2.42. The molecule has 0 saturated carbocycles. The van der Waals surface area contributed by atoms with Gasteiger partial charge in [0.15, 0.2) is 5.78 Å². The lowest BCUT2D eigenvalue weighted by Gasteiger charge is -1.96. The number of thiophene rings is 1. The predicted molar refractivity (Wildman–Crippen MR) is 63.2 cm³/mol. The van der Waals surface area contributed by atoms with Crippen LogP contribution in [0.4, 0.5) is 0 Å². The smallest absolute Gasteiger partial charge is 0.174 e. The zero-order valence-electron chi connectivity index (χ0n) is 7.57. The van der Waals surface area contributed by atoms with Crippen LogP contribution in [0.5, 0.6) is 0 Å². The molecule has 0 N–H and O–H groups in total. The van der Waals surface area contributed by atoms with E-state index in [1.54, 1.807) is 0 Å². The summed E-state index contributed by atoms with van der Waals surface area (Å²) in [7, 11) is 0. The van der Waals surface area contributed by atoms with Crippen LogP contribution in [0.1, 0.15) is 35.9 Å². The number of hydrogen-bond donors (Lipinski definition) is 0. The molecule has 1 heterocycles. The van der Waals surface area contributed by atoms with Crippen LogP contribution < -0.4 is 0 Å². The first-order chi connectivity index (χ1) is 6.57. The van der Waals surface area contributed by atoms with Crippen LogP contribution in [0.25, 0.3) is 0 Å². The van der Waals surface area contributed by atoms with Crippen LogP contribution in [-0.2, 0) is 0 Å². The van der Waals surface area contributed by atoms with Crippen LogP contribution in [0.15, 0.2) is 0 Å². The largest absolute Gasteiger partial charge is 0.293 e. The third-order valence-electron chi connectivity index (χ3n) is 1.77. The van der Waals surface area contributed by atoms with Crippen molar-refractivity contribution in [3.05, 3.63) is 19.3 Å². The van der Waals surface area contributed by atoms with E-state index in [1.165, 1.54) is 0 Å². The monoisotopic (exact) mass is 270 g/mol. The minimum Gasteiger partial charge on any atom is -0.293 e. The summed E-state index contributed by atoms with van der Waals surface area (Å²) in [5.41, 5.74) is 0. The molecular formula is C9H9Cl3OS.